The first-order chi connectivity index (χ1) is 8.09. The summed E-state index contributed by atoms with van der Waals surface area (Å²) >= 11 is 6.46. The third-order valence-electron chi connectivity index (χ3n) is 1.83. The highest BCUT2D eigenvalue weighted by molar-refractivity contribution is 8.00. The molecule has 0 spiro atoms. The first-order valence-electron chi connectivity index (χ1n) is 4.64. The van der Waals surface area contributed by atoms with Crippen molar-refractivity contribution in [2.75, 3.05) is 17.8 Å². The quantitative estimate of drug-likeness (QED) is 0.632. The van der Waals surface area contributed by atoms with Crippen LogP contribution in [-0.4, -0.2) is 31.2 Å². The summed E-state index contributed by atoms with van der Waals surface area (Å²) in [7, 11) is -3.10. The first kappa shape index (κ1) is 15.6. The van der Waals surface area contributed by atoms with Gasteiger partial charge in [0, 0.05) is 12.0 Å². The van der Waals surface area contributed by atoms with Crippen molar-refractivity contribution in [3.8, 4) is 0 Å². The predicted octanol–water partition coefficient (Wildman–Crippen LogP) is 2.89. The molecule has 3 nitrogen and oxygen atoms in total. The third-order valence-corrected chi connectivity index (χ3v) is 4.26. The molecule has 1 rings (SSSR count). The van der Waals surface area contributed by atoms with Crippen molar-refractivity contribution in [1.29, 1.82) is 0 Å². The maximum atomic E-state index is 12.4. The number of thioether (sulfide) groups is 1. The lowest BCUT2D eigenvalue weighted by Crippen LogP contribution is -2.07. The smallest absolute Gasteiger partial charge is 0.229 e. The van der Waals surface area contributed by atoms with E-state index in [0.29, 0.717) is 0 Å². The van der Waals surface area contributed by atoms with Crippen molar-refractivity contribution in [3.63, 3.8) is 0 Å². The molecule has 0 radical (unpaired) electrons. The second-order valence-corrected chi connectivity index (χ2v) is 7.20. The Morgan fingerprint density at radius 3 is 2.44 bits per heavy atom. The molecule has 0 amide bonds. The lowest BCUT2D eigenvalue weighted by atomic mass is 10.3. The van der Waals surface area contributed by atoms with Crippen molar-refractivity contribution in [2.24, 2.45) is 0 Å². The van der Waals surface area contributed by atoms with Crippen LogP contribution in [0.5, 0.6) is 0 Å². The zero-order chi connectivity index (χ0) is 14.0. The van der Waals surface area contributed by atoms with Gasteiger partial charge in [0.15, 0.2) is 0 Å². The molecule has 0 N–H and O–H groups in total. The summed E-state index contributed by atoms with van der Waals surface area (Å²) in [5, 5.41) is -0.372. The van der Waals surface area contributed by atoms with Crippen molar-refractivity contribution < 1.29 is 21.6 Å². The molecule has 0 bridgehead atoms. The van der Waals surface area contributed by atoms with Gasteiger partial charge in [-0.1, -0.05) is 11.6 Å². The molecule has 0 saturated carbocycles. The van der Waals surface area contributed by atoms with E-state index in [2.05, 4.69) is 4.98 Å². The van der Waals surface area contributed by atoms with Crippen molar-refractivity contribution in [3.05, 3.63) is 22.8 Å². The molecule has 0 fully saturated rings. The van der Waals surface area contributed by atoms with E-state index in [0.717, 1.165) is 24.1 Å². The number of pyridine rings is 1. The van der Waals surface area contributed by atoms with E-state index in [9.17, 15) is 21.6 Å². The second kappa shape index (κ2) is 5.66. The van der Waals surface area contributed by atoms with Crippen LogP contribution in [0.1, 0.15) is 5.56 Å². The monoisotopic (exact) mass is 319 g/mol. The van der Waals surface area contributed by atoms with Crippen LogP contribution in [0.25, 0.3) is 0 Å². The number of halogens is 4. The van der Waals surface area contributed by atoms with Crippen LogP contribution >= 0.6 is 23.4 Å². The highest BCUT2D eigenvalue weighted by Crippen LogP contribution is 2.34. The molecule has 0 aliphatic heterocycles. The van der Waals surface area contributed by atoms with Gasteiger partial charge in [-0.25, -0.2) is 13.4 Å². The van der Waals surface area contributed by atoms with Gasteiger partial charge < -0.3 is 0 Å². The lowest BCUT2D eigenvalue weighted by molar-refractivity contribution is -0.137. The highest BCUT2D eigenvalue weighted by atomic mass is 35.5. The van der Waals surface area contributed by atoms with Gasteiger partial charge in [-0.15, -0.1) is 11.8 Å². The minimum absolute atomic E-state index is 0.0714. The lowest BCUT2D eigenvalue weighted by Gasteiger charge is -2.09. The number of aromatic nitrogens is 1. The van der Waals surface area contributed by atoms with E-state index in [-0.39, 0.29) is 16.5 Å². The SMILES string of the molecule is CS(=O)(=O)CCSc1ccc(C(F)(F)F)c(Cl)n1. The molecule has 0 aliphatic carbocycles. The summed E-state index contributed by atoms with van der Waals surface area (Å²) < 4.78 is 58.9. The van der Waals surface area contributed by atoms with Gasteiger partial charge in [0.1, 0.15) is 15.0 Å². The van der Waals surface area contributed by atoms with Crippen LogP contribution in [0.3, 0.4) is 0 Å². The average molecular weight is 320 g/mol. The van der Waals surface area contributed by atoms with Crippen LogP contribution in [0.4, 0.5) is 13.2 Å². The Morgan fingerprint density at radius 1 is 1.39 bits per heavy atom. The fraction of sp³-hybridized carbons (Fsp3) is 0.444. The standard InChI is InChI=1S/C9H9ClF3NO2S2/c1-18(15,16)5-4-17-7-3-2-6(8(10)14-7)9(11,12)13/h2-3H,4-5H2,1H3. The minimum Gasteiger partial charge on any atom is -0.229 e. The molecule has 18 heavy (non-hydrogen) atoms. The Bertz CT molecular complexity index is 531. The predicted molar refractivity (Wildman–Crippen MR) is 64.7 cm³/mol. The van der Waals surface area contributed by atoms with E-state index in [1.807, 2.05) is 0 Å². The summed E-state index contributed by atoms with van der Waals surface area (Å²) in [6.07, 6.45) is -3.46. The number of alkyl halides is 3. The Labute approximate surface area is 112 Å². The van der Waals surface area contributed by atoms with E-state index in [4.69, 9.17) is 11.6 Å². The van der Waals surface area contributed by atoms with E-state index in [1.165, 1.54) is 6.07 Å². The number of rotatable bonds is 4. The van der Waals surface area contributed by atoms with Crippen LogP contribution < -0.4 is 0 Å². The Morgan fingerprint density at radius 2 is 2.00 bits per heavy atom. The number of sulfone groups is 1. The Hall–Kier alpha value is -0.470. The average Bonchev–Trinajstić information content (AvgIpc) is 2.13. The van der Waals surface area contributed by atoms with Crippen LogP contribution in [-0.2, 0) is 16.0 Å². The molecule has 0 unspecified atom stereocenters. The maximum Gasteiger partial charge on any atom is 0.419 e. The summed E-state index contributed by atoms with van der Waals surface area (Å²) in [5.74, 6) is 0.144. The van der Waals surface area contributed by atoms with Gasteiger partial charge in [-0.3, -0.25) is 0 Å². The molecule has 1 aromatic rings. The largest absolute Gasteiger partial charge is 0.419 e. The van der Waals surface area contributed by atoms with Crippen molar-refractivity contribution in [2.45, 2.75) is 11.2 Å². The minimum atomic E-state index is -4.54. The van der Waals surface area contributed by atoms with Gasteiger partial charge >= 0.3 is 6.18 Å². The molecule has 1 heterocycles. The number of hydrogen-bond acceptors (Lipinski definition) is 4. The first-order valence-corrected chi connectivity index (χ1v) is 8.06. The topological polar surface area (TPSA) is 47.0 Å². The maximum absolute atomic E-state index is 12.4. The van der Waals surface area contributed by atoms with Crippen molar-refractivity contribution in [1.82, 2.24) is 4.98 Å². The fourth-order valence-corrected chi connectivity index (χ4v) is 3.39. The molecular formula is C9H9ClF3NO2S2. The Balaban J connectivity index is 2.74. The van der Waals surface area contributed by atoms with E-state index < -0.39 is 26.7 Å². The fourth-order valence-electron chi connectivity index (χ4n) is 1.01. The summed E-state index contributed by atoms with van der Waals surface area (Å²) in [4.78, 5) is 3.57. The van der Waals surface area contributed by atoms with Crippen LogP contribution in [0.2, 0.25) is 5.15 Å². The molecule has 0 atom stereocenters. The van der Waals surface area contributed by atoms with Gasteiger partial charge in [-0.05, 0) is 12.1 Å². The molecule has 0 saturated heterocycles. The molecule has 9 heteroatoms. The number of hydrogen-bond donors (Lipinski definition) is 0. The molecular weight excluding hydrogens is 311 g/mol. The van der Waals surface area contributed by atoms with Gasteiger partial charge in [-0.2, -0.15) is 13.2 Å². The summed E-state index contributed by atoms with van der Waals surface area (Å²) in [6.45, 7) is 0. The zero-order valence-corrected chi connectivity index (χ0v) is 11.5. The second-order valence-electron chi connectivity index (χ2n) is 3.46. The number of nitrogens with zero attached hydrogens (tertiary/aromatic N) is 1. The van der Waals surface area contributed by atoms with Crippen molar-refractivity contribution >= 4 is 33.2 Å². The third kappa shape index (κ3) is 5.03. The summed E-state index contributed by atoms with van der Waals surface area (Å²) in [6, 6.07) is 2.00. The van der Waals surface area contributed by atoms with E-state index >= 15 is 0 Å². The normalized spacial score (nSPS) is 12.7. The van der Waals surface area contributed by atoms with E-state index in [1.54, 1.807) is 0 Å². The van der Waals surface area contributed by atoms with Crippen LogP contribution in [0.15, 0.2) is 17.2 Å². The molecule has 1 aromatic heterocycles. The van der Waals surface area contributed by atoms with Gasteiger partial charge in [0.2, 0.25) is 0 Å². The molecule has 102 valence electrons. The molecule has 0 aliphatic rings. The van der Waals surface area contributed by atoms with Gasteiger partial charge in [0.25, 0.3) is 0 Å². The highest BCUT2D eigenvalue weighted by Gasteiger charge is 2.33. The Kier molecular flexibility index (Phi) is 4.90. The van der Waals surface area contributed by atoms with Crippen LogP contribution in [0, 0.1) is 0 Å². The zero-order valence-electron chi connectivity index (χ0n) is 9.16. The molecule has 0 aromatic carbocycles. The summed E-state index contributed by atoms with van der Waals surface area (Å²) in [5.41, 5.74) is -1.00. The van der Waals surface area contributed by atoms with Gasteiger partial charge in [0.05, 0.1) is 16.3 Å².